The fraction of sp³-hybridized carbons (Fsp3) is 0.217. The summed E-state index contributed by atoms with van der Waals surface area (Å²) in [4.78, 5) is 12.4. The lowest BCUT2D eigenvalue weighted by Gasteiger charge is -2.13. The van der Waals surface area contributed by atoms with E-state index in [1.165, 1.54) is 0 Å². The molecule has 3 aromatic rings. The lowest BCUT2D eigenvalue weighted by atomic mass is 10.1. The van der Waals surface area contributed by atoms with Crippen LogP contribution in [0, 0.1) is 13.8 Å². The van der Waals surface area contributed by atoms with Crippen LogP contribution < -0.4 is 9.47 Å². The molecule has 0 unspecified atom stereocenters. The summed E-state index contributed by atoms with van der Waals surface area (Å²) in [6.07, 6.45) is 3.33. The maximum atomic E-state index is 12.4. The molecule has 0 N–H and O–H groups in total. The first kappa shape index (κ1) is 20.7. The van der Waals surface area contributed by atoms with Gasteiger partial charge in [-0.05, 0) is 67.4 Å². The number of halogens is 1. The predicted molar refractivity (Wildman–Crippen MR) is 115 cm³/mol. The lowest BCUT2D eigenvalue weighted by molar-refractivity contribution is 0.103. The van der Waals surface area contributed by atoms with Crippen molar-refractivity contribution in [3.63, 3.8) is 0 Å². The monoisotopic (exact) mass is 410 g/mol. The number of hydrogen-bond acceptors (Lipinski definition) is 4. The third-order valence-electron chi connectivity index (χ3n) is 4.51. The number of carbonyl (C=O) groups is 1. The average molecular weight is 411 g/mol. The molecule has 1 aromatic heterocycles. The molecule has 0 fully saturated rings. The van der Waals surface area contributed by atoms with Crippen molar-refractivity contribution in [2.24, 2.45) is 7.05 Å². The third kappa shape index (κ3) is 5.06. The van der Waals surface area contributed by atoms with E-state index in [1.807, 2.05) is 44.2 Å². The molecule has 0 bridgehead atoms. The van der Waals surface area contributed by atoms with Gasteiger partial charge in [-0.25, -0.2) is 0 Å². The Morgan fingerprint density at radius 2 is 1.90 bits per heavy atom. The van der Waals surface area contributed by atoms with E-state index in [0.717, 1.165) is 33.9 Å². The maximum Gasteiger partial charge on any atom is 0.203 e. The minimum atomic E-state index is -0.0986. The molecule has 0 aliphatic heterocycles. The number of aryl methyl sites for hydroxylation is 3. The van der Waals surface area contributed by atoms with Gasteiger partial charge in [0.2, 0.25) is 5.78 Å². The van der Waals surface area contributed by atoms with Gasteiger partial charge < -0.3 is 9.47 Å². The van der Waals surface area contributed by atoms with Gasteiger partial charge in [-0.3, -0.25) is 9.48 Å². The van der Waals surface area contributed by atoms with Crippen molar-refractivity contribution in [3.8, 4) is 11.5 Å². The predicted octanol–water partition coefficient (Wildman–Crippen LogP) is 5.17. The van der Waals surface area contributed by atoms with Gasteiger partial charge in [0.1, 0.15) is 23.8 Å². The molecule has 6 heteroatoms. The third-order valence-corrected chi connectivity index (χ3v) is 4.74. The Kier molecular flexibility index (Phi) is 6.39. The van der Waals surface area contributed by atoms with E-state index in [1.54, 1.807) is 43.1 Å². The Labute approximate surface area is 175 Å². The molecule has 29 heavy (non-hydrogen) atoms. The average Bonchev–Trinajstić information content (AvgIpc) is 3.03. The standard InChI is InChI=1S/C23H23ClN2O3/c1-15-11-19(24)7-10-22(15)29-14-18-13-17(6-9-23(18)28-4)5-8-21(27)20-12-16(2)25-26(20)3/h5-13H,14H2,1-4H3/b8-5+. The second-order valence-electron chi connectivity index (χ2n) is 6.76. The van der Waals surface area contributed by atoms with Gasteiger partial charge in [0.25, 0.3) is 0 Å². The highest BCUT2D eigenvalue weighted by molar-refractivity contribution is 6.30. The minimum absolute atomic E-state index is 0.0986. The minimum Gasteiger partial charge on any atom is -0.496 e. The Morgan fingerprint density at radius 3 is 2.55 bits per heavy atom. The van der Waals surface area contributed by atoms with E-state index < -0.39 is 0 Å². The first-order chi connectivity index (χ1) is 13.9. The van der Waals surface area contributed by atoms with Crippen LogP contribution in [0.3, 0.4) is 0 Å². The summed E-state index contributed by atoms with van der Waals surface area (Å²) >= 11 is 6.00. The van der Waals surface area contributed by atoms with E-state index in [0.29, 0.717) is 17.3 Å². The van der Waals surface area contributed by atoms with Crippen molar-refractivity contribution in [1.29, 1.82) is 0 Å². The van der Waals surface area contributed by atoms with Gasteiger partial charge in [-0.15, -0.1) is 0 Å². The molecule has 0 saturated carbocycles. The zero-order valence-corrected chi connectivity index (χ0v) is 17.7. The van der Waals surface area contributed by atoms with E-state index in [-0.39, 0.29) is 5.78 Å². The Balaban J connectivity index is 1.77. The summed E-state index contributed by atoms with van der Waals surface area (Å²) in [7, 11) is 3.38. The SMILES string of the molecule is COc1ccc(/C=C/C(=O)c2cc(C)nn2C)cc1COc1ccc(Cl)cc1C. The van der Waals surface area contributed by atoms with Crippen LogP contribution in [0.5, 0.6) is 11.5 Å². The molecule has 0 atom stereocenters. The normalized spacial score (nSPS) is 11.1. The fourth-order valence-corrected chi connectivity index (χ4v) is 3.27. The number of nitrogens with zero attached hydrogens (tertiary/aromatic N) is 2. The van der Waals surface area contributed by atoms with Gasteiger partial charge >= 0.3 is 0 Å². The summed E-state index contributed by atoms with van der Waals surface area (Å²) in [5.41, 5.74) is 4.08. The van der Waals surface area contributed by atoms with Gasteiger partial charge in [-0.2, -0.15) is 5.10 Å². The molecule has 0 radical (unpaired) electrons. The summed E-state index contributed by atoms with van der Waals surface area (Å²) in [5, 5.41) is 4.88. The summed E-state index contributed by atoms with van der Waals surface area (Å²) in [6, 6.07) is 13.0. The van der Waals surface area contributed by atoms with Gasteiger partial charge in [0.15, 0.2) is 0 Å². The molecule has 3 rings (SSSR count). The second kappa shape index (κ2) is 8.97. The van der Waals surface area contributed by atoms with Gasteiger partial charge in [0, 0.05) is 17.6 Å². The van der Waals surface area contributed by atoms with Crippen LogP contribution in [0.4, 0.5) is 0 Å². The van der Waals surface area contributed by atoms with Crippen LogP contribution in [0.1, 0.15) is 32.9 Å². The maximum absolute atomic E-state index is 12.4. The molecular formula is C23H23ClN2O3. The number of allylic oxidation sites excluding steroid dienone is 1. The largest absolute Gasteiger partial charge is 0.496 e. The summed E-state index contributed by atoms with van der Waals surface area (Å²) in [5.74, 6) is 1.39. The smallest absolute Gasteiger partial charge is 0.203 e. The van der Waals surface area contributed by atoms with Gasteiger partial charge in [-0.1, -0.05) is 23.7 Å². The topological polar surface area (TPSA) is 53.3 Å². The molecular weight excluding hydrogens is 388 g/mol. The quantitative estimate of drug-likeness (QED) is 0.398. The van der Waals surface area contributed by atoms with E-state index in [9.17, 15) is 4.79 Å². The Morgan fingerprint density at radius 1 is 1.14 bits per heavy atom. The number of carbonyl (C=O) groups excluding carboxylic acids is 1. The Hall–Kier alpha value is -3.05. The first-order valence-corrected chi connectivity index (χ1v) is 9.54. The Bertz CT molecular complexity index is 1070. The zero-order chi connectivity index (χ0) is 21.0. The fourth-order valence-electron chi connectivity index (χ4n) is 3.04. The second-order valence-corrected chi connectivity index (χ2v) is 7.20. The van der Waals surface area contributed by atoms with Crippen molar-refractivity contribution in [2.45, 2.75) is 20.5 Å². The number of ketones is 1. The van der Waals surface area contributed by atoms with E-state index >= 15 is 0 Å². The van der Waals surface area contributed by atoms with Crippen molar-refractivity contribution in [2.75, 3.05) is 7.11 Å². The molecule has 1 heterocycles. The number of ether oxygens (including phenoxy) is 2. The number of methoxy groups -OCH3 is 1. The number of aromatic nitrogens is 2. The number of hydrogen-bond donors (Lipinski definition) is 0. The van der Waals surface area contributed by atoms with Crippen LogP contribution >= 0.6 is 11.6 Å². The molecule has 0 spiro atoms. The van der Waals surface area contributed by atoms with Crippen LogP contribution in [0.25, 0.3) is 6.08 Å². The van der Waals surface area contributed by atoms with Crippen LogP contribution in [0.2, 0.25) is 5.02 Å². The number of benzene rings is 2. The molecule has 0 aliphatic carbocycles. The zero-order valence-electron chi connectivity index (χ0n) is 16.9. The first-order valence-electron chi connectivity index (χ1n) is 9.16. The van der Waals surface area contributed by atoms with Crippen LogP contribution in [-0.2, 0) is 13.7 Å². The van der Waals surface area contributed by atoms with Gasteiger partial charge in [0.05, 0.1) is 12.8 Å². The summed E-state index contributed by atoms with van der Waals surface area (Å²) in [6.45, 7) is 4.14. The molecule has 0 saturated heterocycles. The van der Waals surface area contributed by atoms with Crippen molar-refractivity contribution < 1.29 is 14.3 Å². The van der Waals surface area contributed by atoms with E-state index in [2.05, 4.69) is 5.10 Å². The van der Waals surface area contributed by atoms with Crippen LogP contribution in [-0.4, -0.2) is 22.7 Å². The number of rotatable bonds is 7. The lowest BCUT2D eigenvalue weighted by Crippen LogP contribution is -2.04. The van der Waals surface area contributed by atoms with Crippen molar-refractivity contribution >= 4 is 23.5 Å². The highest BCUT2D eigenvalue weighted by Crippen LogP contribution is 2.26. The van der Waals surface area contributed by atoms with E-state index in [4.69, 9.17) is 21.1 Å². The molecule has 0 aliphatic rings. The molecule has 5 nitrogen and oxygen atoms in total. The molecule has 0 amide bonds. The van der Waals surface area contributed by atoms with Crippen molar-refractivity contribution in [3.05, 3.63) is 81.6 Å². The molecule has 150 valence electrons. The summed E-state index contributed by atoms with van der Waals surface area (Å²) < 4.78 is 13.0. The highest BCUT2D eigenvalue weighted by Gasteiger charge is 2.10. The van der Waals surface area contributed by atoms with Crippen molar-refractivity contribution in [1.82, 2.24) is 9.78 Å². The highest BCUT2D eigenvalue weighted by atomic mass is 35.5. The molecule has 2 aromatic carbocycles. The van der Waals surface area contributed by atoms with Crippen LogP contribution in [0.15, 0.2) is 48.5 Å².